The monoisotopic (exact) mass is 245 g/mol. The molecule has 0 aliphatic carbocycles. The van der Waals surface area contributed by atoms with Crippen LogP contribution in [0.3, 0.4) is 0 Å². The number of benzene rings is 1. The number of anilines is 1. The molecule has 0 aliphatic rings. The van der Waals surface area contributed by atoms with Gasteiger partial charge in [0, 0.05) is 5.39 Å². The lowest BCUT2D eigenvalue weighted by Gasteiger charge is -2.10. The Hall–Kier alpha value is -1.81. The van der Waals surface area contributed by atoms with Gasteiger partial charge in [0.1, 0.15) is 11.6 Å². The Labute approximate surface area is 107 Å². The van der Waals surface area contributed by atoms with Crippen LogP contribution in [-0.4, -0.2) is 11.6 Å². The van der Waals surface area contributed by atoms with Gasteiger partial charge in [0.25, 0.3) is 0 Å². The Bertz CT molecular complexity index is 540. The molecule has 0 bridgehead atoms. The summed E-state index contributed by atoms with van der Waals surface area (Å²) in [4.78, 5) is 4.49. The minimum atomic E-state index is 0.738. The second-order valence-electron chi connectivity index (χ2n) is 4.20. The molecule has 1 aromatic carbocycles. The maximum atomic E-state index is 5.63. The van der Waals surface area contributed by atoms with Crippen LogP contribution in [0, 0.1) is 0 Å². The Morgan fingerprint density at radius 1 is 1.28 bits per heavy atom. The summed E-state index contributed by atoms with van der Waals surface area (Å²) in [5.74, 6) is 7.11. The second-order valence-corrected chi connectivity index (χ2v) is 4.20. The summed E-state index contributed by atoms with van der Waals surface area (Å²) < 4.78 is 5.63. The highest BCUT2D eigenvalue weighted by Crippen LogP contribution is 2.24. The first kappa shape index (κ1) is 12.6. The Morgan fingerprint density at radius 3 is 2.78 bits per heavy atom. The smallest absolute Gasteiger partial charge is 0.143 e. The number of nitrogen functional groups attached to an aromatic ring is 1. The molecular formula is C14H19N3O. The van der Waals surface area contributed by atoms with Crippen LogP contribution in [0.15, 0.2) is 24.3 Å². The highest BCUT2D eigenvalue weighted by molar-refractivity contribution is 5.83. The molecule has 0 radical (unpaired) electrons. The molecule has 0 amide bonds. The molecular weight excluding hydrogens is 226 g/mol. The number of nitrogens with zero attached hydrogens (tertiary/aromatic N) is 1. The summed E-state index contributed by atoms with van der Waals surface area (Å²) in [5.41, 5.74) is 4.67. The van der Waals surface area contributed by atoms with E-state index in [4.69, 9.17) is 10.6 Å². The zero-order chi connectivity index (χ0) is 13.0. The van der Waals surface area contributed by atoms with Crippen LogP contribution < -0.4 is 16.0 Å². The number of pyridine rings is 1. The molecule has 0 atom stereocenters. The molecule has 0 unspecified atom stereocenters. The van der Waals surface area contributed by atoms with Crippen molar-refractivity contribution in [3.8, 4) is 5.75 Å². The fraction of sp³-hybridized carbons (Fsp3) is 0.357. The van der Waals surface area contributed by atoms with Crippen LogP contribution in [0.25, 0.3) is 10.9 Å². The maximum Gasteiger partial charge on any atom is 0.143 e. The number of hydrogen-bond acceptors (Lipinski definition) is 4. The number of fused-ring (bicyclic) bond motifs is 1. The van der Waals surface area contributed by atoms with Crippen LogP contribution in [0.2, 0.25) is 0 Å². The van der Waals surface area contributed by atoms with Crippen molar-refractivity contribution in [2.75, 3.05) is 12.0 Å². The molecule has 0 saturated carbocycles. The number of ether oxygens (including phenoxy) is 1. The standard InChI is InChI=1S/C14H19N3O/c1-3-7-18-12-5-6-13-11(9-12)8-10(4-2)14(16-13)17-15/h5-6,8-9H,3-4,7,15H2,1-2H3,(H,16,17). The number of nitrogens with one attached hydrogen (secondary N) is 1. The minimum absolute atomic E-state index is 0.738. The van der Waals surface area contributed by atoms with E-state index in [-0.39, 0.29) is 0 Å². The average molecular weight is 245 g/mol. The van der Waals surface area contributed by atoms with E-state index < -0.39 is 0 Å². The third kappa shape index (κ3) is 2.54. The van der Waals surface area contributed by atoms with E-state index in [1.807, 2.05) is 18.2 Å². The van der Waals surface area contributed by atoms with Crippen molar-refractivity contribution in [3.05, 3.63) is 29.8 Å². The second kappa shape index (κ2) is 5.69. The van der Waals surface area contributed by atoms with Crippen LogP contribution in [0.1, 0.15) is 25.8 Å². The summed E-state index contributed by atoms with van der Waals surface area (Å²) in [5, 5.41) is 1.08. The lowest BCUT2D eigenvalue weighted by Crippen LogP contribution is -2.11. The lowest BCUT2D eigenvalue weighted by atomic mass is 10.1. The van der Waals surface area contributed by atoms with E-state index in [1.54, 1.807) is 0 Å². The van der Waals surface area contributed by atoms with Gasteiger partial charge in [0.05, 0.1) is 12.1 Å². The number of aromatic nitrogens is 1. The van der Waals surface area contributed by atoms with Gasteiger partial charge in [0.15, 0.2) is 0 Å². The number of aryl methyl sites for hydroxylation is 1. The normalized spacial score (nSPS) is 10.6. The molecule has 1 aromatic heterocycles. The molecule has 0 saturated heterocycles. The van der Waals surface area contributed by atoms with Gasteiger partial charge < -0.3 is 10.2 Å². The van der Waals surface area contributed by atoms with Gasteiger partial charge in [-0.1, -0.05) is 13.8 Å². The topological polar surface area (TPSA) is 60.2 Å². The van der Waals surface area contributed by atoms with Gasteiger partial charge in [-0.2, -0.15) is 0 Å². The first-order valence-electron chi connectivity index (χ1n) is 6.31. The molecule has 18 heavy (non-hydrogen) atoms. The molecule has 1 heterocycles. The largest absolute Gasteiger partial charge is 0.494 e. The third-order valence-corrected chi connectivity index (χ3v) is 2.86. The highest BCUT2D eigenvalue weighted by atomic mass is 16.5. The summed E-state index contributed by atoms with van der Waals surface area (Å²) in [6.07, 6.45) is 1.90. The maximum absolute atomic E-state index is 5.63. The first-order valence-corrected chi connectivity index (χ1v) is 6.31. The fourth-order valence-electron chi connectivity index (χ4n) is 1.90. The van der Waals surface area contributed by atoms with Crippen molar-refractivity contribution >= 4 is 16.7 Å². The van der Waals surface area contributed by atoms with Gasteiger partial charge >= 0.3 is 0 Å². The van der Waals surface area contributed by atoms with Gasteiger partial charge in [-0.05, 0) is 42.7 Å². The molecule has 96 valence electrons. The van der Waals surface area contributed by atoms with Crippen molar-refractivity contribution in [2.24, 2.45) is 5.84 Å². The Morgan fingerprint density at radius 2 is 2.11 bits per heavy atom. The van der Waals surface area contributed by atoms with E-state index in [9.17, 15) is 0 Å². The predicted molar refractivity (Wildman–Crippen MR) is 74.7 cm³/mol. The lowest BCUT2D eigenvalue weighted by molar-refractivity contribution is 0.318. The number of nitrogens with two attached hydrogens (primary N) is 1. The van der Waals surface area contributed by atoms with Gasteiger partial charge in [0.2, 0.25) is 0 Å². The summed E-state index contributed by atoms with van der Waals surface area (Å²) in [7, 11) is 0. The van der Waals surface area contributed by atoms with Crippen molar-refractivity contribution in [2.45, 2.75) is 26.7 Å². The van der Waals surface area contributed by atoms with E-state index in [2.05, 4.69) is 30.3 Å². The molecule has 4 nitrogen and oxygen atoms in total. The zero-order valence-electron chi connectivity index (χ0n) is 10.9. The molecule has 0 spiro atoms. The quantitative estimate of drug-likeness (QED) is 0.628. The minimum Gasteiger partial charge on any atom is -0.494 e. The van der Waals surface area contributed by atoms with Gasteiger partial charge in [-0.15, -0.1) is 0 Å². The molecule has 0 aliphatic heterocycles. The number of hydrogen-bond donors (Lipinski definition) is 2. The van der Waals surface area contributed by atoms with E-state index in [0.717, 1.165) is 47.5 Å². The number of hydrazine groups is 1. The zero-order valence-corrected chi connectivity index (χ0v) is 10.9. The third-order valence-electron chi connectivity index (χ3n) is 2.86. The molecule has 0 fully saturated rings. The van der Waals surface area contributed by atoms with Gasteiger partial charge in [-0.3, -0.25) is 0 Å². The van der Waals surface area contributed by atoms with Crippen LogP contribution in [0.5, 0.6) is 5.75 Å². The summed E-state index contributed by atoms with van der Waals surface area (Å²) in [6.45, 7) is 4.92. The number of rotatable bonds is 5. The Kier molecular flexibility index (Phi) is 3.99. The molecule has 2 aromatic rings. The first-order chi connectivity index (χ1) is 8.78. The van der Waals surface area contributed by atoms with E-state index >= 15 is 0 Å². The van der Waals surface area contributed by atoms with Crippen molar-refractivity contribution in [1.29, 1.82) is 0 Å². The van der Waals surface area contributed by atoms with E-state index in [0.29, 0.717) is 0 Å². The van der Waals surface area contributed by atoms with Gasteiger partial charge in [-0.25, -0.2) is 10.8 Å². The fourth-order valence-corrected chi connectivity index (χ4v) is 1.90. The highest BCUT2D eigenvalue weighted by Gasteiger charge is 2.05. The Balaban J connectivity index is 2.42. The van der Waals surface area contributed by atoms with Crippen molar-refractivity contribution in [3.63, 3.8) is 0 Å². The SMILES string of the molecule is CCCOc1ccc2nc(NN)c(CC)cc2c1. The van der Waals surface area contributed by atoms with Crippen LogP contribution in [0.4, 0.5) is 5.82 Å². The van der Waals surface area contributed by atoms with Crippen molar-refractivity contribution < 1.29 is 4.74 Å². The molecule has 3 N–H and O–H groups in total. The van der Waals surface area contributed by atoms with E-state index in [1.165, 1.54) is 0 Å². The predicted octanol–water partition coefficient (Wildman–Crippen LogP) is 2.87. The van der Waals surface area contributed by atoms with Crippen molar-refractivity contribution in [1.82, 2.24) is 4.98 Å². The summed E-state index contributed by atoms with van der Waals surface area (Å²) >= 11 is 0. The summed E-state index contributed by atoms with van der Waals surface area (Å²) in [6, 6.07) is 8.03. The van der Waals surface area contributed by atoms with Crippen LogP contribution in [-0.2, 0) is 6.42 Å². The van der Waals surface area contributed by atoms with Crippen LogP contribution >= 0.6 is 0 Å². The molecule has 4 heteroatoms. The average Bonchev–Trinajstić information content (AvgIpc) is 2.43. The molecule has 2 rings (SSSR count).